The number of allylic oxidation sites excluding steroid dienone is 20. The number of aliphatic hydroxyl groups excluding tert-OH is 1. The molecule has 0 aromatic heterocycles. The van der Waals surface area contributed by atoms with Crippen molar-refractivity contribution in [2.75, 3.05) is 13.2 Å². The van der Waals surface area contributed by atoms with Gasteiger partial charge >= 0.3 is 11.9 Å². The van der Waals surface area contributed by atoms with Gasteiger partial charge in [-0.25, -0.2) is 0 Å². The molecule has 0 aromatic rings. The summed E-state index contributed by atoms with van der Waals surface area (Å²) in [5, 5.41) is 9.71. The van der Waals surface area contributed by atoms with Gasteiger partial charge in [-0.3, -0.25) is 9.59 Å². The number of hydrogen-bond donors (Lipinski definition) is 1. The fourth-order valence-corrected chi connectivity index (χ4v) is 10.1. The molecule has 1 unspecified atom stereocenters. The maximum absolute atomic E-state index is 12.4. The van der Waals surface area contributed by atoms with Crippen molar-refractivity contribution in [3.63, 3.8) is 0 Å². The van der Waals surface area contributed by atoms with Crippen LogP contribution in [-0.4, -0.2) is 36.4 Å². The van der Waals surface area contributed by atoms with E-state index in [0.717, 1.165) is 103 Å². The lowest BCUT2D eigenvalue weighted by Gasteiger charge is -2.15. The molecule has 5 heteroatoms. The van der Waals surface area contributed by atoms with Gasteiger partial charge < -0.3 is 14.6 Å². The first-order valence-corrected chi connectivity index (χ1v) is 35.1. The topological polar surface area (TPSA) is 72.8 Å². The zero-order valence-corrected chi connectivity index (χ0v) is 54.0. The van der Waals surface area contributed by atoms with Crippen molar-refractivity contribution in [1.29, 1.82) is 0 Å². The van der Waals surface area contributed by atoms with E-state index in [1.165, 1.54) is 205 Å². The standard InChI is InChI=1S/C77H132O5/c1-3-5-7-9-11-13-15-17-19-21-23-25-27-29-31-33-35-37-38-40-42-44-46-48-50-52-54-56-58-60-62-64-66-68-70-72-77(80)82-75(73-78)74-81-76(79)71-69-67-65-63-61-59-57-55-53-51-49-47-45-43-41-39-36-34-32-30-28-26-24-22-20-18-16-14-12-10-8-6-4-2/h5-8,11-14,17-20,23-26,29,31,35,37,75,78H,3-4,9-10,15-16,21-22,27-28,30,32-34,36,38-74H2,1-2H3/b7-5-,8-6-,13-11-,14-12-,19-17-,20-18-,25-23-,26-24-,31-29-,37-35-. The van der Waals surface area contributed by atoms with Crippen LogP contribution < -0.4 is 0 Å². The van der Waals surface area contributed by atoms with Crippen LogP contribution >= 0.6 is 0 Å². The third kappa shape index (κ3) is 68.8. The van der Waals surface area contributed by atoms with E-state index >= 15 is 0 Å². The van der Waals surface area contributed by atoms with Crippen LogP contribution in [0.25, 0.3) is 0 Å². The molecule has 0 spiro atoms. The van der Waals surface area contributed by atoms with E-state index in [9.17, 15) is 14.7 Å². The summed E-state index contributed by atoms with van der Waals surface area (Å²) in [7, 11) is 0. The molecule has 0 aromatic carbocycles. The van der Waals surface area contributed by atoms with Crippen molar-refractivity contribution >= 4 is 11.9 Å². The van der Waals surface area contributed by atoms with Gasteiger partial charge in [0.25, 0.3) is 0 Å². The van der Waals surface area contributed by atoms with E-state index in [2.05, 4.69) is 135 Å². The highest BCUT2D eigenvalue weighted by atomic mass is 16.6. The summed E-state index contributed by atoms with van der Waals surface area (Å²) >= 11 is 0. The summed E-state index contributed by atoms with van der Waals surface area (Å²) in [6.07, 6.45) is 105. The zero-order chi connectivity index (χ0) is 59.1. The molecule has 0 saturated heterocycles. The Labute approximate surface area is 509 Å². The van der Waals surface area contributed by atoms with Crippen LogP contribution in [0.2, 0.25) is 0 Å². The van der Waals surface area contributed by atoms with Crippen LogP contribution in [0.15, 0.2) is 122 Å². The van der Waals surface area contributed by atoms with E-state index in [4.69, 9.17) is 9.47 Å². The second-order valence-corrected chi connectivity index (χ2v) is 23.2. The van der Waals surface area contributed by atoms with Crippen LogP contribution in [0.3, 0.4) is 0 Å². The van der Waals surface area contributed by atoms with Crippen molar-refractivity contribution < 1.29 is 24.2 Å². The summed E-state index contributed by atoms with van der Waals surface area (Å²) in [6.45, 7) is 3.95. The van der Waals surface area contributed by atoms with Crippen molar-refractivity contribution in [2.24, 2.45) is 0 Å². The minimum atomic E-state index is -0.777. The van der Waals surface area contributed by atoms with Crippen LogP contribution in [0.1, 0.15) is 335 Å². The maximum Gasteiger partial charge on any atom is 0.306 e. The first-order valence-electron chi connectivity index (χ1n) is 35.1. The van der Waals surface area contributed by atoms with Gasteiger partial charge in [-0.2, -0.15) is 0 Å². The summed E-state index contributed by atoms with van der Waals surface area (Å²) < 4.78 is 10.8. The van der Waals surface area contributed by atoms with Gasteiger partial charge in [-0.05, 0) is 103 Å². The molecule has 0 bridgehead atoms. The van der Waals surface area contributed by atoms with E-state index in [1.807, 2.05) is 0 Å². The summed E-state index contributed by atoms with van der Waals surface area (Å²) in [4.78, 5) is 24.7. The normalized spacial score (nSPS) is 13.0. The fourth-order valence-electron chi connectivity index (χ4n) is 10.1. The Kier molecular flexibility index (Phi) is 68.3. The first kappa shape index (κ1) is 78.3. The molecule has 0 rings (SSSR count). The van der Waals surface area contributed by atoms with Gasteiger partial charge in [0.05, 0.1) is 6.61 Å². The Morgan fingerprint density at radius 3 is 0.732 bits per heavy atom. The third-order valence-corrected chi connectivity index (χ3v) is 15.3. The number of hydrogen-bond acceptors (Lipinski definition) is 5. The monoisotopic (exact) mass is 1140 g/mol. The zero-order valence-electron chi connectivity index (χ0n) is 54.0. The summed E-state index contributed by atoms with van der Waals surface area (Å²) in [5.41, 5.74) is 0. The molecule has 0 aliphatic heterocycles. The highest BCUT2D eigenvalue weighted by Gasteiger charge is 2.16. The average molecular weight is 1140 g/mol. The molecule has 0 radical (unpaired) electrons. The quantitative estimate of drug-likeness (QED) is 0.0373. The molecule has 0 saturated carbocycles. The Morgan fingerprint density at radius 1 is 0.280 bits per heavy atom. The van der Waals surface area contributed by atoms with Crippen molar-refractivity contribution in [1.82, 2.24) is 0 Å². The predicted molar refractivity (Wildman–Crippen MR) is 362 cm³/mol. The van der Waals surface area contributed by atoms with Crippen LogP contribution in [0.4, 0.5) is 0 Å². The van der Waals surface area contributed by atoms with E-state index < -0.39 is 6.10 Å². The molecule has 82 heavy (non-hydrogen) atoms. The van der Waals surface area contributed by atoms with Crippen molar-refractivity contribution in [3.05, 3.63) is 122 Å². The smallest absolute Gasteiger partial charge is 0.306 e. The minimum absolute atomic E-state index is 0.0663. The van der Waals surface area contributed by atoms with E-state index in [1.54, 1.807) is 0 Å². The second-order valence-electron chi connectivity index (χ2n) is 23.2. The van der Waals surface area contributed by atoms with Gasteiger partial charge in [0.15, 0.2) is 6.10 Å². The lowest BCUT2D eigenvalue weighted by atomic mass is 10.0. The fraction of sp³-hybridized carbons (Fsp3) is 0.714. The van der Waals surface area contributed by atoms with Crippen LogP contribution in [-0.2, 0) is 19.1 Å². The van der Waals surface area contributed by atoms with Crippen molar-refractivity contribution in [2.45, 2.75) is 341 Å². The van der Waals surface area contributed by atoms with Crippen LogP contribution in [0.5, 0.6) is 0 Å². The number of ether oxygens (including phenoxy) is 2. The molecular formula is C77H132O5. The molecular weight excluding hydrogens is 1000 g/mol. The van der Waals surface area contributed by atoms with Gasteiger partial charge in [0.1, 0.15) is 6.61 Å². The highest BCUT2D eigenvalue weighted by molar-refractivity contribution is 5.70. The summed E-state index contributed by atoms with van der Waals surface area (Å²) in [6, 6.07) is 0. The number of rotatable bonds is 64. The van der Waals surface area contributed by atoms with Gasteiger partial charge in [0, 0.05) is 12.8 Å². The SMILES string of the molecule is CC/C=C\C/C=C\C/C=C\C/C=C\C/C=C\C/C=C\CCCCCCCCCCCCCCCCCCC(=O)OC(CO)COC(=O)CCCCCCCCCCCCCCCCCCCCCC/C=C\C/C=C\C/C=C\C/C=C\CC. The molecule has 0 amide bonds. The maximum atomic E-state index is 12.4. The molecule has 0 fully saturated rings. The predicted octanol–water partition coefficient (Wildman–Crippen LogP) is 24.5. The number of carbonyl (C=O) groups excluding carboxylic acids is 2. The van der Waals surface area contributed by atoms with Gasteiger partial charge in [-0.1, -0.05) is 341 Å². The summed E-state index contributed by atoms with van der Waals surface area (Å²) in [5.74, 6) is -0.579. The molecule has 5 nitrogen and oxygen atoms in total. The van der Waals surface area contributed by atoms with Crippen LogP contribution in [0, 0.1) is 0 Å². The highest BCUT2D eigenvalue weighted by Crippen LogP contribution is 2.18. The van der Waals surface area contributed by atoms with E-state index in [0.29, 0.717) is 12.8 Å². The molecule has 1 N–H and O–H groups in total. The van der Waals surface area contributed by atoms with Crippen molar-refractivity contribution in [3.8, 4) is 0 Å². The lowest BCUT2D eigenvalue weighted by Crippen LogP contribution is -2.28. The molecule has 470 valence electrons. The number of carbonyl (C=O) groups is 2. The largest absolute Gasteiger partial charge is 0.462 e. The Morgan fingerprint density at radius 2 is 0.488 bits per heavy atom. The minimum Gasteiger partial charge on any atom is -0.462 e. The van der Waals surface area contributed by atoms with E-state index in [-0.39, 0.29) is 25.2 Å². The second kappa shape index (κ2) is 71.6. The lowest BCUT2D eigenvalue weighted by molar-refractivity contribution is -0.161. The molecule has 0 heterocycles. The molecule has 0 aliphatic rings. The Hall–Kier alpha value is -3.70. The molecule has 0 aliphatic carbocycles. The number of unbranched alkanes of at least 4 members (excludes halogenated alkanes) is 36. The Balaban J connectivity index is 3.45. The number of esters is 2. The first-order chi connectivity index (χ1) is 40.6. The van der Waals surface area contributed by atoms with Gasteiger partial charge in [-0.15, -0.1) is 0 Å². The third-order valence-electron chi connectivity index (χ3n) is 15.3. The Bertz CT molecular complexity index is 1620. The molecule has 1 atom stereocenters. The number of aliphatic hydroxyl groups is 1. The average Bonchev–Trinajstić information content (AvgIpc) is 3.49. The van der Waals surface area contributed by atoms with Gasteiger partial charge in [0.2, 0.25) is 0 Å².